The van der Waals surface area contributed by atoms with Crippen LogP contribution in [0.15, 0.2) is 41.3 Å². The van der Waals surface area contributed by atoms with Crippen LogP contribution in [0.4, 0.5) is 5.69 Å². The van der Waals surface area contributed by atoms with Crippen molar-refractivity contribution in [3.8, 4) is 0 Å². The zero-order valence-electron chi connectivity index (χ0n) is 16.9. The summed E-state index contributed by atoms with van der Waals surface area (Å²) in [4.78, 5) is 11.2. The van der Waals surface area contributed by atoms with Gasteiger partial charge in [0.15, 0.2) is 0 Å². The van der Waals surface area contributed by atoms with Gasteiger partial charge in [-0.15, -0.1) is 0 Å². The summed E-state index contributed by atoms with van der Waals surface area (Å²) >= 11 is 0. The Morgan fingerprint density at radius 1 is 1.03 bits per heavy atom. The van der Waals surface area contributed by atoms with E-state index in [0.717, 1.165) is 27.1 Å². The largest absolute Gasteiger partial charge is 0.335 e. The molecule has 9 heteroatoms. The predicted molar refractivity (Wildman–Crippen MR) is 112 cm³/mol. The van der Waals surface area contributed by atoms with Gasteiger partial charge in [-0.3, -0.25) is 18.9 Å². The number of non-ortho nitro benzene ring substituents is 1. The van der Waals surface area contributed by atoms with E-state index >= 15 is 0 Å². The van der Waals surface area contributed by atoms with Crippen molar-refractivity contribution in [2.24, 2.45) is 0 Å². The fraction of sp³-hybridized carbons (Fsp3) is 0.400. The third kappa shape index (κ3) is 3.94. The van der Waals surface area contributed by atoms with Gasteiger partial charge < -0.3 is 9.05 Å². The standard InChI is InChI=1S/C20H24NO6PS/c1-12-10-13(2)19(14(3)11-12)29(25)20-17(18(20)28(24,26-4)27-5)15-6-8-16(9-7-15)21(22)23/h6-11,17-18,20H,1-5H3. The minimum Gasteiger partial charge on any atom is -0.312 e. The van der Waals surface area contributed by atoms with Crippen LogP contribution in [0.3, 0.4) is 0 Å². The average Bonchev–Trinajstić information content (AvgIpc) is 3.43. The molecular weight excluding hydrogens is 413 g/mol. The Hall–Kier alpha value is -1.86. The first-order chi connectivity index (χ1) is 13.6. The van der Waals surface area contributed by atoms with Crippen molar-refractivity contribution in [1.82, 2.24) is 0 Å². The summed E-state index contributed by atoms with van der Waals surface area (Å²) in [5, 5.41) is 10.5. The number of nitro groups is 1. The van der Waals surface area contributed by atoms with Gasteiger partial charge in [0.05, 0.1) is 26.6 Å². The Morgan fingerprint density at radius 2 is 1.55 bits per heavy atom. The molecule has 0 spiro atoms. The smallest absolute Gasteiger partial charge is 0.312 e. The van der Waals surface area contributed by atoms with Crippen LogP contribution in [0, 0.1) is 30.9 Å². The molecule has 29 heavy (non-hydrogen) atoms. The number of benzene rings is 2. The number of nitrogens with zero attached hydrogens (tertiary/aromatic N) is 1. The predicted octanol–water partition coefficient (Wildman–Crippen LogP) is 4.65. The molecule has 0 aromatic heterocycles. The quantitative estimate of drug-likeness (QED) is 0.355. The highest BCUT2D eigenvalue weighted by molar-refractivity contribution is 7.87. The maximum atomic E-state index is 13.6. The Morgan fingerprint density at radius 3 is 2.00 bits per heavy atom. The van der Waals surface area contributed by atoms with Crippen molar-refractivity contribution in [3.05, 3.63) is 68.8 Å². The van der Waals surface area contributed by atoms with Crippen LogP contribution in [0.25, 0.3) is 0 Å². The van der Waals surface area contributed by atoms with Crippen LogP contribution in [0.2, 0.25) is 0 Å². The van der Waals surface area contributed by atoms with Crippen molar-refractivity contribution < 1.29 is 22.7 Å². The SMILES string of the molecule is COP(=O)(OC)C1C(c2ccc([N+](=O)[O-])cc2)C1S(=O)c1c(C)cc(C)cc1C. The van der Waals surface area contributed by atoms with Crippen molar-refractivity contribution in [2.75, 3.05) is 14.2 Å². The van der Waals surface area contributed by atoms with Crippen LogP contribution in [-0.2, 0) is 24.4 Å². The number of aryl methyl sites for hydroxylation is 3. The zero-order valence-corrected chi connectivity index (χ0v) is 18.7. The zero-order chi connectivity index (χ0) is 21.5. The lowest BCUT2D eigenvalue weighted by atomic mass is 10.1. The highest BCUT2D eigenvalue weighted by Gasteiger charge is 2.65. The lowest BCUT2D eigenvalue weighted by Gasteiger charge is -2.14. The molecule has 0 aliphatic heterocycles. The molecule has 0 saturated heterocycles. The molecule has 1 aliphatic rings. The van der Waals surface area contributed by atoms with Gasteiger partial charge in [-0.05, 0) is 37.5 Å². The second-order valence-corrected chi connectivity index (χ2v) is 11.2. The second-order valence-electron chi connectivity index (χ2n) is 7.26. The van der Waals surface area contributed by atoms with Crippen LogP contribution in [0.1, 0.15) is 28.2 Å². The van der Waals surface area contributed by atoms with E-state index in [0.29, 0.717) is 0 Å². The Labute approximate surface area is 172 Å². The summed E-state index contributed by atoms with van der Waals surface area (Å²) in [6.45, 7) is 5.81. The van der Waals surface area contributed by atoms with E-state index in [9.17, 15) is 18.9 Å². The van der Waals surface area contributed by atoms with E-state index < -0.39 is 34.2 Å². The lowest BCUT2D eigenvalue weighted by Crippen LogP contribution is -2.09. The van der Waals surface area contributed by atoms with E-state index in [4.69, 9.17) is 9.05 Å². The number of hydrogen-bond donors (Lipinski definition) is 0. The van der Waals surface area contributed by atoms with E-state index in [1.54, 1.807) is 12.1 Å². The van der Waals surface area contributed by atoms with Crippen LogP contribution >= 0.6 is 7.60 Å². The molecule has 1 aliphatic carbocycles. The summed E-state index contributed by atoms with van der Waals surface area (Å²) in [7, 11) is -2.30. The lowest BCUT2D eigenvalue weighted by molar-refractivity contribution is -0.384. The van der Waals surface area contributed by atoms with E-state index in [1.807, 2.05) is 32.9 Å². The molecule has 0 N–H and O–H groups in total. The molecule has 0 amide bonds. The average molecular weight is 437 g/mol. The van der Waals surface area contributed by atoms with Crippen molar-refractivity contribution in [1.29, 1.82) is 0 Å². The molecule has 1 fully saturated rings. The van der Waals surface area contributed by atoms with E-state index in [2.05, 4.69) is 0 Å². The molecule has 0 bridgehead atoms. The monoisotopic (exact) mass is 437 g/mol. The number of rotatable bonds is 7. The van der Waals surface area contributed by atoms with Crippen molar-refractivity contribution >= 4 is 24.1 Å². The van der Waals surface area contributed by atoms with Gasteiger partial charge in [-0.2, -0.15) is 0 Å². The topological polar surface area (TPSA) is 95.7 Å². The third-order valence-electron chi connectivity index (χ3n) is 5.33. The minimum atomic E-state index is -3.49. The third-order valence-corrected chi connectivity index (χ3v) is 10.1. The second kappa shape index (κ2) is 8.11. The molecule has 3 rings (SSSR count). The summed E-state index contributed by atoms with van der Waals surface area (Å²) in [5.74, 6) is -0.345. The maximum absolute atomic E-state index is 13.6. The van der Waals surface area contributed by atoms with Crippen LogP contribution in [-0.4, -0.2) is 34.3 Å². The van der Waals surface area contributed by atoms with Gasteiger partial charge in [-0.1, -0.05) is 29.8 Å². The molecule has 4 atom stereocenters. The first kappa shape index (κ1) is 21.8. The molecular formula is C20H24NO6PS. The number of nitro benzene ring substituents is 1. The Kier molecular flexibility index (Phi) is 6.11. The van der Waals surface area contributed by atoms with Gasteiger partial charge >= 0.3 is 7.60 Å². The van der Waals surface area contributed by atoms with Gasteiger partial charge in [0.25, 0.3) is 5.69 Å². The normalized spacial score (nSPS) is 22.3. The molecule has 4 unspecified atom stereocenters. The van der Waals surface area contributed by atoms with Gasteiger partial charge in [0.1, 0.15) is 0 Å². The first-order valence-electron chi connectivity index (χ1n) is 9.08. The molecule has 1 saturated carbocycles. The summed E-state index contributed by atoms with van der Waals surface area (Å²) in [6, 6.07) is 10.00. The molecule has 7 nitrogen and oxygen atoms in total. The van der Waals surface area contributed by atoms with Gasteiger partial charge in [0.2, 0.25) is 0 Å². The van der Waals surface area contributed by atoms with E-state index in [-0.39, 0.29) is 11.6 Å². The van der Waals surface area contributed by atoms with Gasteiger partial charge in [0, 0.05) is 37.2 Å². The molecule has 2 aromatic carbocycles. The Bertz CT molecular complexity index is 991. The summed E-state index contributed by atoms with van der Waals surface area (Å²) in [5.41, 5.74) is 3.03. The van der Waals surface area contributed by atoms with Crippen molar-refractivity contribution in [3.63, 3.8) is 0 Å². The highest BCUT2D eigenvalue weighted by atomic mass is 32.2. The van der Waals surface area contributed by atoms with Crippen LogP contribution in [0.5, 0.6) is 0 Å². The summed E-state index contributed by atoms with van der Waals surface area (Å²) in [6.07, 6.45) is 0. The van der Waals surface area contributed by atoms with Crippen LogP contribution < -0.4 is 0 Å². The van der Waals surface area contributed by atoms with E-state index in [1.165, 1.54) is 26.4 Å². The maximum Gasteiger partial charge on any atom is 0.335 e. The summed E-state index contributed by atoms with van der Waals surface area (Å²) < 4.78 is 37.2. The highest BCUT2D eigenvalue weighted by Crippen LogP contribution is 2.69. The Balaban J connectivity index is 2.04. The fourth-order valence-electron chi connectivity index (χ4n) is 4.05. The molecule has 0 heterocycles. The molecule has 0 radical (unpaired) electrons. The minimum absolute atomic E-state index is 0.0319. The fourth-order valence-corrected chi connectivity index (χ4v) is 8.73. The molecule has 156 valence electrons. The first-order valence-corrected chi connectivity index (χ1v) is 11.9. The molecule has 2 aromatic rings. The van der Waals surface area contributed by atoms with Crippen molar-refractivity contribution in [2.45, 2.75) is 42.5 Å². The number of hydrogen-bond acceptors (Lipinski definition) is 6. The van der Waals surface area contributed by atoms with Gasteiger partial charge in [-0.25, -0.2) is 0 Å².